The molecule has 0 saturated heterocycles. The van der Waals surface area contributed by atoms with E-state index in [9.17, 15) is 14.0 Å². The molecule has 39 heavy (non-hydrogen) atoms. The molecule has 204 valence electrons. The Labute approximate surface area is 227 Å². The van der Waals surface area contributed by atoms with Crippen molar-refractivity contribution in [3.05, 3.63) is 95.3 Å². The maximum Gasteiger partial charge on any atom is 0.331 e. The fourth-order valence-corrected chi connectivity index (χ4v) is 4.35. The smallest absolute Gasteiger partial charge is 0.331 e. The van der Waals surface area contributed by atoms with E-state index in [2.05, 4.69) is 11.4 Å². The fourth-order valence-electron chi connectivity index (χ4n) is 4.35. The number of ether oxygens (including phenoxy) is 4. The molecule has 0 radical (unpaired) electrons. The molecule has 3 aromatic rings. The molecule has 1 N–H and O–H groups in total. The molecule has 0 bridgehead atoms. The summed E-state index contributed by atoms with van der Waals surface area (Å²) < 4.78 is 35.1. The maximum atomic E-state index is 13.0. The zero-order valence-corrected chi connectivity index (χ0v) is 21.9. The number of hydrogen-bond acceptors (Lipinski definition) is 6. The lowest BCUT2D eigenvalue weighted by Crippen LogP contribution is -2.34. The molecule has 0 fully saturated rings. The molecule has 0 saturated carbocycles. The van der Waals surface area contributed by atoms with Gasteiger partial charge in [-0.1, -0.05) is 30.3 Å². The maximum absolute atomic E-state index is 13.0. The SMILES string of the molecule is CCOc1cc(/C=C/C(=O)OCC(=O)N[C@@H]2CCCc3ccccc32)ccc1OCCOc1ccc(F)cc1. The van der Waals surface area contributed by atoms with Gasteiger partial charge in [-0.05, 0) is 85.4 Å². The average molecular weight is 534 g/mol. The van der Waals surface area contributed by atoms with E-state index in [0.29, 0.717) is 29.4 Å². The molecule has 4 rings (SSSR count). The van der Waals surface area contributed by atoms with Crippen molar-refractivity contribution in [1.29, 1.82) is 0 Å². The lowest BCUT2D eigenvalue weighted by molar-refractivity contribution is -0.144. The zero-order chi connectivity index (χ0) is 27.5. The highest BCUT2D eigenvalue weighted by atomic mass is 19.1. The molecule has 1 aliphatic carbocycles. The molecule has 0 aliphatic heterocycles. The van der Waals surface area contributed by atoms with Gasteiger partial charge in [0.1, 0.15) is 24.8 Å². The van der Waals surface area contributed by atoms with Crippen molar-refractivity contribution < 1.29 is 32.9 Å². The van der Waals surface area contributed by atoms with Crippen molar-refractivity contribution in [1.82, 2.24) is 5.32 Å². The molecule has 1 atom stereocenters. The van der Waals surface area contributed by atoms with Crippen LogP contribution in [-0.4, -0.2) is 38.3 Å². The normalized spacial score (nSPS) is 14.4. The first-order valence-corrected chi connectivity index (χ1v) is 13.0. The Morgan fingerprint density at radius 2 is 1.77 bits per heavy atom. The number of fused-ring (bicyclic) bond motifs is 1. The van der Waals surface area contributed by atoms with Gasteiger partial charge in [-0.3, -0.25) is 4.79 Å². The summed E-state index contributed by atoms with van der Waals surface area (Å²) >= 11 is 0. The highest BCUT2D eigenvalue weighted by Gasteiger charge is 2.21. The number of rotatable bonds is 12. The summed E-state index contributed by atoms with van der Waals surface area (Å²) in [4.78, 5) is 24.6. The van der Waals surface area contributed by atoms with E-state index in [-0.39, 0.29) is 37.6 Å². The van der Waals surface area contributed by atoms with Crippen molar-refractivity contribution in [2.75, 3.05) is 26.4 Å². The number of esters is 1. The molecule has 1 aliphatic rings. The number of aryl methyl sites for hydroxylation is 1. The topological polar surface area (TPSA) is 83.1 Å². The fraction of sp³-hybridized carbons (Fsp3) is 0.290. The van der Waals surface area contributed by atoms with E-state index in [0.717, 1.165) is 24.8 Å². The van der Waals surface area contributed by atoms with Crippen LogP contribution in [-0.2, 0) is 20.7 Å². The molecular weight excluding hydrogens is 501 g/mol. The van der Waals surface area contributed by atoms with Crippen molar-refractivity contribution >= 4 is 18.0 Å². The first kappa shape index (κ1) is 27.7. The third-order valence-electron chi connectivity index (χ3n) is 6.15. The minimum absolute atomic E-state index is 0.0658. The molecule has 8 heteroatoms. The van der Waals surface area contributed by atoms with Crippen LogP contribution in [0.4, 0.5) is 4.39 Å². The first-order valence-electron chi connectivity index (χ1n) is 13.0. The molecule has 0 spiro atoms. The lowest BCUT2D eigenvalue weighted by atomic mass is 9.88. The van der Waals surface area contributed by atoms with Crippen LogP contribution in [0.25, 0.3) is 6.08 Å². The van der Waals surface area contributed by atoms with Gasteiger partial charge in [-0.2, -0.15) is 0 Å². The summed E-state index contributed by atoms with van der Waals surface area (Å²) in [5.74, 6) is 0.317. The monoisotopic (exact) mass is 533 g/mol. The zero-order valence-electron chi connectivity index (χ0n) is 21.9. The van der Waals surface area contributed by atoms with Crippen LogP contribution in [0.2, 0.25) is 0 Å². The van der Waals surface area contributed by atoms with E-state index in [1.54, 1.807) is 36.4 Å². The van der Waals surface area contributed by atoms with E-state index in [1.165, 1.54) is 23.8 Å². The Morgan fingerprint density at radius 3 is 2.59 bits per heavy atom. The molecule has 0 heterocycles. The van der Waals surface area contributed by atoms with Crippen molar-refractivity contribution in [3.63, 3.8) is 0 Å². The van der Waals surface area contributed by atoms with E-state index >= 15 is 0 Å². The lowest BCUT2D eigenvalue weighted by Gasteiger charge is -2.26. The summed E-state index contributed by atoms with van der Waals surface area (Å²) in [6.45, 7) is 2.47. The van der Waals surface area contributed by atoms with Gasteiger partial charge in [0.05, 0.1) is 12.6 Å². The Kier molecular flexibility index (Phi) is 9.94. The molecule has 7 nitrogen and oxygen atoms in total. The van der Waals surface area contributed by atoms with Crippen LogP contribution < -0.4 is 19.5 Å². The van der Waals surface area contributed by atoms with E-state index < -0.39 is 5.97 Å². The first-order chi connectivity index (χ1) is 19.0. The van der Waals surface area contributed by atoms with Gasteiger partial charge in [0, 0.05) is 6.08 Å². The number of carbonyl (C=O) groups excluding carboxylic acids is 2. The predicted molar refractivity (Wildman–Crippen MR) is 145 cm³/mol. The van der Waals surface area contributed by atoms with Crippen molar-refractivity contribution in [2.45, 2.75) is 32.2 Å². The number of amides is 1. The minimum atomic E-state index is -0.620. The Hall–Kier alpha value is -4.33. The molecular formula is C31H32FNO6. The second kappa shape index (κ2) is 14.0. The largest absolute Gasteiger partial charge is 0.490 e. The number of nitrogens with one attached hydrogen (secondary N) is 1. The van der Waals surface area contributed by atoms with Crippen molar-refractivity contribution in [3.8, 4) is 17.2 Å². The van der Waals surface area contributed by atoms with E-state index in [4.69, 9.17) is 18.9 Å². The number of benzene rings is 3. The van der Waals surface area contributed by atoms with Gasteiger partial charge in [0.15, 0.2) is 18.1 Å². The Balaban J connectivity index is 1.24. The number of hydrogen-bond donors (Lipinski definition) is 1. The molecule has 0 unspecified atom stereocenters. The summed E-state index contributed by atoms with van der Waals surface area (Å²) in [5, 5.41) is 2.97. The van der Waals surface area contributed by atoms with Crippen LogP contribution >= 0.6 is 0 Å². The van der Waals surface area contributed by atoms with Gasteiger partial charge >= 0.3 is 5.97 Å². The third-order valence-corrected chi connectivity index (χ3v) is 6.15. The molecule has 1 amide bonds. The van der Waals surface area contributed by atoms with Crippen LogP contribution in [0.1, 0.15) is 42.5 Å². The second-order valence-electron chi connectivity index (χ2n) is 8.94. The highest BCUT2D eigenvalue weighted by Crippen LogP contribution is 2.30. The van der Waals surface area contributed by atoms with Crippen LogP contribution in [0.3, 0.4) is 0 Å². The summed E-state index contributed by atoms with van der Waals surface area (Å²) in [5.41, 5.74) is 3.07. The highest BCUT2D eigenvalue weighted by molar-refractivity contribution is 5.89. The second-order valence-corrected chi connectivity index (χ2v) is 8.94. The summed E-state index contributed by atoms with van der Waals surface area (Å²) in [7, 11) is 0. The minimum Gasteiger partial charge on any atom is -0.490 e. The Bertz CT molecular complexity index is 1290. The predicted octanol–water partition coefficient (Wildman–Crippen LogP) is 5.43. The standard InChI is InChI=1S/C31H32FNO6/c1-2-36-29-20-22(10-16-28(29)38-19-18-37-25-14-12-24(32)13-15-25)11-17-31(35)39-21-30(34)33-27-9-5-7-23-6-3-4-8-26(23)27/h3-4,6,8,10-17,20,27H,2,5,7,9,18-19,21H2,1H3,(H,33,34)/b17-11+/t27-/m1/s1. The van der Waals surface area contributed by atoms with Gasteiger partial charge in [-0.25, -0.2) is 9.18 Å². The van der Waals surface area contributed by atoms with Gasteiger partial charge < -0.3 is 24.3 Å². The van der Waals surface area contributed by atoms with Gasteiger partial charge in [0.25, 0.3) is 5.91 Å². The molecule has 0 aromatic heterocycles. The summed E-state index contributed by atoms with van der Waals surface area (Å²) in [6.07, 6.45) is 5.72. The number of halogens is 1. The molecule has 3 aromatic carbocycles. The van der Waals surface area contributed by atoms with Crippen LogP contribution in [0.15, 0.2) is 72.8 Å². The van der Waals surface area contributed by atoms with Gasteiger partial charge in [-0.15, -0.1) is 0 Å². The summed E-state index contributed by atoms with van der Waals surface area (Å²) in [6, 6.07) is 19.0. The third kappa shape index (κ3) is 8.33. The van der Waals surface area contributed by atoms with Crippen molar-refractivity contribution in [2.24, 2.45) is 0 Å². The number of carbonyl (C=O) groups is 2. The average Bonchev–Trinajstić information content (AvgIpc) is 2.95. The Morgan fingerprint density at radius 1 is 0.974 bits per heavy atom. The quantitative estimate of drug-likeness (QED) is 0.190. The van der Waals surface area contributed by atoms with Crippen LogP contribution in [0, 0.1) is 5.82 Å². The van der Waals surface area contributed by atoms with Crippen LogP contribution in [0.5, 0.6) is 17.2 Å². The van der Waals surface area contributed by atoms with E-state index in [1.807, 2.05) is 25.1 Å². The van der Waals surface area contributed by atoms with Gasteiger partial charge in [0.2, 0.25) is 0 Å².